The van der Waals surface area contributed by atoms with Crippen molar-refractivity contribution in [1.29, 1.82) is 0 Å². The molecule has 6 nitrogen and oxygen atoms in total. The molecule has 2 atom stereocenters. The number of furan rings is 1. The van der Waals surface area contributed by atoms with Gasteiger partial charge in [0.1, 0.15) is 11.3 Å². The van der Waals surface area contributed by atoms with Gasteiger partial charge in [0.05, 0.1) is 17.9 Å². The van der Waals surface area contributed by atoms with Crippen LogP contribution in [0.25, 0.3) is 22.3 Å². The molecule has 0 radical (unpaired) electrons. The normalized spacial score (nSPS) is 17.1. The highest BCUT2D eigenvalue weighted by atomic mass is 16.3. The number of anilines is 2. The van der Waals surface area contributed by atoms with E-state index < -0.39 is 11.3 Å². The molecule has 0 saturated carbocycles. The van der Waals surface area contributed by atoms with Crippen molar-refractivity contribution in [1.82, 2.24) is 0 Å². The smallest absolute Gasteiger partial charge is 0.231 e. The molecule has 0 fully saturated rings. The predicted molar refractivity (Wildman–Crippen MR) is 146 cm³/mol. The Labute approximate surface area is 216 Å². The molecule has 1 aliphatic rings. The van der Waals surface area contributed by atoms with Crippen molar-refractivity contribution < 1.29 is 19.1 Å². The molecule has 4 aromatic rings. The standard InChI is InChI=1S/C31H32N2O4/c1-19(2)31(3,25-14-12-20-8-5-7-11-26(20)33-29(25)35)30(36)32-23-13-15-27-22(16-23)17-28(37-27)24-10-6-4-9-21(24)18-34/h4-11,13,15-17,19,25,34H,12,14,18H2,1-3H3,(H,32,36)(H,33,35)/t25-,31?/m0/s1. The fraction of sp³-hybridized carbons (Fsp3) is 0.290. The van der Waals surface area contributed by atoms with E-state index in [0.29, 0.717) is 23.5 Å². The highest BCUT2D eigenvalue weighted by molar-refractivity contribution is 6.03. The Balaban J connectivity index is 1.41. The number of aliphatic hydroxyl groups is 1. The van der Waals surface area contributed by atoms with E-state index in [4.69, 9.17) is 4.42 Å². The summed E-state index contributed by atoms with van der Waals surface area (Å²) in [6, 6.07) is 22.8. The molecule has 0 bridgehead atoms. The number of carbonyl (C=O) groups is 2. The lowest BCUT2D eigenvalue weighted by molar-refractivity contribution is -0.138. The van der Waals surface area contributed by atoms with Crippen LogP contribution >= 0.6 is 0 Å². The van der Waals surface area contributed by atoms with Crippen LogP contribution in [0.15, 0.2) is 77.2 Å². The van der Waals surface area contributed by atoms with Gasteiger partial charge in [-0.3, -0.25) is 9.59 Å². The van der Waals surface area contributed by atoms with Gasteiger partial charge >= 0.3 is 0 Å². The fourth-order valence-electron chi connectivity index (χ4n) is 5.32. The predicted octanol–water partition coefficient (Wildman–Crippen LogP) is 6.39. The summed E-state index contributed by atoms with van der Waals surface area (Å²) in [4.78, 5) is 27.1. The number of nitrogens with one attached hydrogen (secondary N) is 2. The van der Waals surface area contributed by atoms with Gasteiger partial charge < -0.3 is 20.2 Å². The van der Waals surface area contributed by atoms with Crippen molar-refractivity contribution in [2.45, 2.75) is 40.2 Å². The first-order valence-corrected chi connectivity index (χ1v) is 12.7. The molecule has 1 aliphatic heterocycles. The average Bonchev–Trinajstić information content (AvgIpc) is 3.24. The van der Waals surface area contributed by atoms with Gasteiger partial charge in [-0.2, -0.15) is 0 Å². The molecule has 0 aliphatic carbocycles. The number of rotatable bonds is 6. The van der Waals surface area contributed by atoms with Crippen molar-refractivity contribution in [3.8, 4) is 11.3 Å². The second kappa shape index (κ2) is 9.87. The van der Waals surface area contributed by atoms with Crippen molar-refractivity contribution in [2.75, 3.05) is 10.6 Å². The summed E-state index contributed by atoms with van der Waals surface area (Å²) in [6.07, 6.45) is 1.33. The van der Waals surface area contributed by atoms with Crippen LogP contribution in [0.3, 0.4) is 0 Å². The Morgan fingerprint density at radius 2 is 1.86 bits per heavy atom. The third-order valence-corrected chi connectivity index (χ3v) is 7.93. The molecule has 190 valence electrons. The van der Waals surface area contributed by atoms with Crippen LogP contribution in [-0.2, 0) is 22.6 Å². The van der Waals surface area contributed by atoms with E-state index in [1.807, 2.05) is 93.6 Å². The number of para-hydroxylation sites is 1. The average molecular weight is 497 g/mol. The SMILES string of the molecule is CC(C)C(C)(C(=O)Nc1ccc2oc(-c3ccccc3CO)cc2c1)[C@H]1CCc2ccccc2NC1=O. The Hall–Kier alpha value is -3.90. The van der Waals surface area contributed by atoms with Crippen molar-refractivity contribution in [3.05, 3.63) is 83.9 Å². The van der Waals surface area contributed by atoms with Crippen molar-refractivity contribution >= 4 is 34.2 Å². The molecule has 5 rings (SSSR count). The summed E-state index contributed by atoms with van der Waals surface area (Å²) >= 11 is 0. The highest BCUT2D eigenvalue weighted by Gasteiger charge is 2.48. The number of hydrogen-bond donors (Lipinski definition) is 3. The number of hydrogen-bond acceptors (Lipinski definition) is 4. The third kappa shape index (κ3) is 4.53. The topological polar surface area (TPSA) is 91.6 Å². The van der Waals surface area contributed by atoms with Gasteiger partial charge in [0.2, 0.25) is 11.8 Å². The van der Waals surface area contributed by atoms with E-state index in [1.165, 1.54) is 0 Å². The monoisotopic (exact) mass is 496 g/mol. The van der Waals surface area contributed by atoms with Gasteiger partial charge in [0, 0.05) is 22.3 Å². The number of benzene rings is 3. The zero-order chi connectivity index (χ0) is 26.2. The molecule has 0 spiro atoms. The number of aryl methyl sites for hydroxylation is 1. The van der Waals surface area contributed by atoms with Gasteiger partial charge in [-0.25, -0.2) is 0 Å². The molecule has 37 heavy (non-hydrogen) atoms. The summed E-state index contributed by atoms with van der Waals surface area (Å²) in [5, 5.41) is 16.7. The lowest BCUT2D eigenvalue weighted by atomic mass is 9.66. The van der Waals surface area contributed by atoms with E-state index in [1.54, 1.807) is 0 Å². The second-order valence-corrected chi connectivity index (χ2v) is 10.3. The maximum absolute atomic E-state index is 13.8. The number of fused-ring (bicyclic) bond motifs is 2. The maximum Gasteiger partial charge on any atom is 0.231 e. The molecule has 1 unspecified atom stereocenters. The lowest BCUT2D eigenvalue weighted by Gasteiger charge is -2.38. The van der Waals surface area contributed by atoms with E-state index in [-0.39, 0.29) is 24.3 Å². The molecule has 1 aromatic heterocycles. The molecular formula is C31H32N2O4. The Morgan fingerprint density at radius 3 is 2.65 bits per heavy atom. The van der Waals surface area contributed by atoms with Gasteiger partial charge in [-0.05, 0) is 67.1 Å². The molecule has 2 heterocycles. The summed E-state index contributed by atoms with van der Waals surface area (Å²) < 4.78 is 6.04. The van der Waals surface area contributed by atoms with Gasteiger partial charge in [0.25, 0.3) is 0 Å². The van der Waals surface area contributed by atoms with E-state index in [2.05, 4.69) is 10.6 Å². The minimum atomic E-state index is -0.914. The molecule has 2 amide bonds. The van der Waals surface area contributed by atoms with Gasteiger partial charge in [-0.1, -0.05) is 56.3 Å². The Bertz CT molecular complexity index is 1470. The molecular weight excluding hydrogens is 464 g/mol. The number of amides is 2. The van der Waals surface area contributed by atoms with E-state index in [9.17, 15) is 14.7 Å². The first-order valence-electron chi connectivity index (χ1n) is 12.7. The largest absolute Gasteiger partial charge is 0.456 e. The number of aliphatic hydroxyl groups excluding tert-OH is 1. The van der Waals surface area contributed by atoms with Crippen LogP contribution in [0.5, 0.6) is 0 Å². The highest BCUT2D eigenvalue weighted by Crippen LogP contribution is 2.42. The first kappa shape index (κ1) is 24.8. The van der Waals surface area contributed by atoms with Crippen LogP contribution in [0.4, 0.5) is 11.4 Å². The van der Waals surface area contributed by atoms with E-state index in [0.717, 1.165) is 34.2 Å². The minimum Gasteiger partial charge on any atom is -0.456 e. The number of carbonyl (C=O) groups excluding carboxylic acids is 2. The van der Waals surface area contributed by atoms with Crippen molar-refractivity contribution in [3.63, 3.8) is 0 Å². The summed E-state index contributed by atoms with van der Waals surface area (Å²) in [5.74, 6) is -0.177. The van der Waals surface area contributed by atoms with Crippen LogP contribution in [-0.4, -0.2) is 16.9 Å². The van der Waals surface area contributed by atoms with Crippen LogP contribution in [0, 0.1) is 17.3 Å². The third-order valence-electron chi connectivity index (χ3n) is 7.93. The summed E-state index contributed by atoms with van der Waals surface area (Å²) in [7, 11) is 0. The molecule has 6 heteroatoms. The molecule has 3 aromatic carbocycles. The van der Waals surface area contributed by atoms with Crippen LogP contribution in [0.2, 0.25) is 0 Å². The Morgan fingerprint density at radius 1 is 1.11 bits per heavy atom. The second-order valence-electron chi connectivity index (χ2n) is 10.3. The maximum atomic E-state index is 13.8. The fourth-order valence-corrected chi connectivity index (χ4v) is 5.32. The molecule has 3 N–H and O–H groups in total. The van der Waals surface area contributed by atoms with Gasteiger partial charge in [-0.15, -0.1) is 0 Å². The molecule has 0 saturated heterocycles. The zero-order valence-electron chi connectivity index (χ0n) is 21.4. The summed E-state index contributed by atoms with van der Waals surface area (Å²) in [5.41, 5.74) is 3.95. The Kier molecular flexibility index (Phi) is 6.61. The summed E-state index contributed by atoms with van der Waals surface area (Å²) in [6.45, 7) is 5.81. The minimum absolute atomic E-state index is 0.0660. The zero-order valence-corrected chi connectivity index (χ0v) is 21.4. The first-order chi connectivity index (χ1) is 17.8. The lowest BCUT2D eigenvalue weighted by Crippen LogP contribution is -2.48. The van der Waals surface area contributed by atoms with Gasteiger partial charge in [0.15, 0.2) is 0 Å². The van der Waals surface area contributed by atoms with Crippen molar-refractivity contribution in [2.24, 2.45) is 17.3 Å². The quantitative estimate of drug-likeness (QED) is 0.288. The van der Waals surface area contributed by atoms with Crippen LogP contribution < -0.4 is 10.6 Å². The van der Waals surface area contributed by atoms with E-state index >= 15 is 0 Å². The van der Waals surface area contributed by atoms with Crippen LogP contribution in [0.1, 0.15) is 38.3 Å².